The molecule has 0 aliphatic rings. The Balaban J connectivity index is -0.000000262. The molecule has 0 aromatic carbocycles. The van der Waals surface area contributed by atoms with Gasteiger partial charge in [0, 0.05) is 0 Å². The third-order valence-electron chi connectivity index (χ3n) is 2.87. The first kappa shape index (κ1) is 30.0. The molecular weight excluding hydrogens is 505 g/mol. The second-order valence-electron chi connectivity index (χ2n) is 7.86. The second kappa shape index (κ2) is 17.6. The summed E-state index contributed by atoms with van der Waals surface area (Å²) in [5.41, 5.74) is 0. The Bertz CT molecular complexity index is 202. The van der Waals surface area contributed by atoms with Gasteiger partial charge in [-0.05, 0) is 0 Å². The Kier molecular flexibility index (Phi) is 22.9. The monoisotopic (exact) mass is 550 g/mol. The van der Waals surface area contributed by atoms with Gasteiger partial charge >= 0.3 is 174 Å². The van der Waals surface area contributed by atoms with Crippen molar-refractivity contribution in [2.75, 3.05) is 0 Å². The van der Waals surface area contributed by atoms with Gasteiger partial charge in [0.2, 0.25) is 0 Å². The Morgan fingerprint density at radius 1 is 0.478 bits per heavy atom. The van der Waals surface area contributed by atoms with E-state index in [1.165, 1.54) is 0 Å². The average Bonchev–Trinajstić information content (AvgIpc) is 2.36. The van der Waals surface area contributed by atoms with Gasteiger partial charge in [0.1, 0.15) is 0 Å². The molecule has 0 fully saturated rings. The maximum absolute atomic E-state index is 6.12. The van der Waals surface area contributed by atoms with E-state index in [0.29, 0.717) is 15.4 Å². The number of hydrogen-bond acceptors (Lipinski definition) is 0. The number of hydrogen-bond donors (Lipinski definition) is 0. The van der Waals surface area contributed by atoms with Crippen LogP contribution in [-0.2, 0) is 0 Å². The molecule has 0 N–H and O–H groups in total. The summed E-state index contributed by atoms with van der Waals surface area (Å²) >= 11 is -1.85. The number of halogens is 2. The van der Waals surface area contributed by atoms with E-state index in [4.69, 9.17) is 20.0 Å². The Hall–Kier alpha value is 2.21. The SMILES string of the molecule is C[CH](C)[Ge]([Cl])[CH](C)C.C[CH](C)[Ge]([Cl])[CH](C)C.C[CH](C)[Ge][CH](C)C. The summed E-state index contributed by atoms with van der Waals surface area (Å²) in [5.74, 6) is 0. The first-order valence-electron chi connectivity index (χ1n) is 9.04. The van der Waals surface area contributed by atoms with Crippen LogP contribution in [0.15, 0.2) is 0 Å². The van der Waals surface area contributed by atoms with Crippen LogP contribution in [0.4, 0.5) is 0 Å². The van der Waals surface area contributed by atoms with Crippen molar-refractivity contribution in [1.29, 1.82) is 0 Å². The molecule has 23 heavy (non-hydrogen) atoms. The van der Waals surface area contributed by atoms with Crippen LogP contribution in [0.25, 0.3) is 0 Å². The van der Waals surface area contributed by atoms with Crippen LogP contribution in [0.3, 0.4) is 0 Å². The van der Waals surface area contributed by atoms with Gasteiger partial charge in [0.25, 0.3) is 0 Å². The molecule has 0 spiro atoms. The average molecular weight is 547 g/mol. The van der Waals surface area contributed by atoms with Crippen molar-refractivity contribution in [3.8, 4) is 0 Å². The van der Waals surface area contributed by atoms with E-state index in [0.717, 1.165) is 28.5 Å². The molecule has 0 atom stereocenters. The van der Waals surface area contributed by atoms with Crippen molar-refractivity contribution in [2.45, 2.75) is 112 Å². The molecule has 0 aromatic rings. The minimum absolute atomic E-state index is 0.389. The first-order valence-corrected chi connectivity index (χ1v) is 21.8. The fourth-order valence-electron chi connectivity index (χ4n) is 2.00. The van der Waals surface area contributed by atoms with Crippen molar-refractivity contribution in [2.24, 2.45) is 0 Å². The molecule has 0 heterocycles. The third-order valence-corrected chi connectivity index (χ3v) is 24.0. The summed E-state index contributed by atoms with van der Waals surface area (Å²) in [4.78, 5) is 0. The van der Waals surface area contributed by atoms with Gasteiger partial charge in [-0.1, -0.05) is 0 Å². The van der Waals surface area contributed by atoms with E-state index >= 15 is 0 Å². The topological polar surface area (TPSA) is 0 Å². The molecule has 0 nitrogen and oxygen atoms in total. The predicted octanol–water partition coefficient (Wildman–Crippen LogP) is 8.42. The van der Waals surface area contributed by atoms with Gasteiger partial charge in [-0.3, -0.25) is 0 Å². The Morgan fingerprint density at radius 3 is 0.652 bits per heavy atom. The predicted molar refractivity (Wildman–Crippen MR) is 120 cm³/mol. The van der Waals surface area contributed by atoms with Gasteiger partial charge < -0.3 is 0 Å². The summed E-state index contributed by atoms with van der Waals surface area (Å²) in [6, 6.07) is 0. The molecule has 0 saturated heterocycles. The molecule has 5 heteroatoms. The van der Waals surface area contributed by atoms with Crippen molar-refractivity contribution in [3.05, 3.63) is 0 Å². The van der Waals surface area contributed by atoms with Crippen LogP contribution >= 0.6 is 20.0 Å². The van der Waals surface area contributed by atoms with E-state index in [1.807, 2.05) is 0 Å². The van der Waals surface area contributed by atoms with Crippen LogP contribution in [0.5, 0.6) is 0 Å². The molecule has 4 radical (unpaired) electrons. The molecule has 0 aliphatic heterocycles. The molecule has 0 saturated carbocycles. The quantitative estimate of drug-likeness (QED) is 0.293. The Labute approximate surface area is 172 Å². The van der Waals surface area contributed by atoms with Crippen molar-refractivity contribution in [1.82, 2.24) is 0 Å². The molecule has 0 aromatic heterocycles. The van der Waals surface area contributed by atoms with Crippen LogP contribution in [0.1, 0.15) is 83.1 Å². The van der Waals surface area contributed by atoms with E-state index in [9.17, 15) is 0 Å². The zero-order valence-corrected chi connectivity index (χ0v) is 25.5. The zero-order valence-electron chi connectivity index (χ0n) is 17.7. The van der Waals surface area contributed by atoms with Gasteiger partial charge in [-0.15, -0.1) is 0 Å². The summed E-state index contributed by atoms with van der Waals surface area (Å²) in [5, 5.41) is 0. The fourth-order valence-corrected chi connectivity index (χ4v) is 10.4. The van der Waals surface area contributed by atoms with E-state index < -0.39 is 26.8 Å². The van der Waals surface area contributed by atoms with E-state index in [1.54, 1.807) is 0 Å². The first-order chi connectivity index (χ1) is 10.2. The molecular formula is C18H42Cl2Ge3. The van der Waals surface area contributed by atoms with Crippen LogP contribution < -0.4 is 0 Å². The third kappa shape index (κ3) is 24.2. The normalized spacial score (nSPS) is 11.7. The molecule has 0 amide bonds. The van der Waals surface area contributed by atoms with Gasteiger partial charge in [0.15, 0.2) is 0 Å². The van der Waals surface area contributed by atoms with Crippen molar-refractivity contribution in [3.63, 3.8) is 0 Å². The van der Waals surface area contributed by atoms with Crippen LogP contribution in [0, 0.1) is 0 Å². The summed E-state index contributed by atoms with van der Waals surface area (Å²) in [6.45, 7) is 27.1. The van der Waals surface area contributed by atoms with Crippen molar-refractivity contribution < 1.29 is 0 Å². The molecule has 0 unspecified atom stereocenters. The van der Waals surface area contributed by atoms with Gasteiger partial charge in [-0.25, -0.2) is 0 Å². The fraction of sp³-hybridized carbons (Fsp3) is 1.00. The zero-order chi connectivity index (χ0) is 19.3. The van der Waals surface area contributed by atoms with Crippen LogP contribution in [0.2, 0.25) is 28.5 Å². The van der Waals surface area contributed by atoms with E-state index in [2.05, 4.69) is 83.1 Å². The maximum atomic E-state index is 6.12. The second-order valence-corrected chi connectivity index (χ2v) is 30.9. The summed E-state index contributed by atoms with van der Waals surface area (Å²) in [7, 11) is 12.2. The standard InChI is InChI=1S/2C6H14ClGe.C6H14Ge/c2*1-5(2)8(7)6(3)4;1-5(2)7-6(3)4/h2*5-6H,1-4H3;5-6H,1-4H3. The van der Waals surface area contributed by atoms with Gasteiger partial charge in [-0.2, -0.15) is 0 Å². The van der Waals surface area contributed by atoms with Gasteiger partial charge in [0.05, 0.1) is 0 Å². The molecule has 0 rings (SSSR count). The summed E-state index contributed by atoms with van der Waals surface area (Å²) in [6.07, 6.45) is 0. The summed E-state index contributed by atoms with van der Waals surface area (Å²) < 4.78 is 5.10. The number of rotatable bonds is 6. The van der Waals surface area contributed by atoms with Crippen molar-refractivity contribution >= 4 is 62.3 Å². The molecule has 0 bridgehead atoms. The van der Waals surface area contributed by atoms with E-state index in [-0.39, 0.29) is 0 Å². The van der Waals surface area contributed by atoms with Crippen LogP contribution in [-0.4, -0.2) is 42.3 Å². The molecule has 140 valence electrons. The minimum atomic E-state index is -1.12. The Morgan fingerprint density at radius 2 is 0.652 bits per heavy atom. The molecule has 0 aliphatic carbocycles.